The summed E-state index contributed by atoms with van der Waals surface area (Å²) in [7, 11) is 1.90. The van der Waals surface area contributed by atoms with E-state index in [2.05, 4.69) is 25.5 Å². The van der Waals surface area contributed by atoms with Gasteiger partial charge in [0.1, 0.15) is 0 Å². The van der Waals surface area contributed by atoms with Gasteiger partial charge in [0.05, 0.1) is 0 Å². The van der Waals surface area contributed by atoms with Crippen molar-refractivity contribution in [3.8, 4) is 0 Å². The molecule has 1 atom stereocenters. The molecule has 98 valence electrons. The summed E-state index contributed by atoms with van der Waals surface area (Å²) in [4.78, 5) is 21.8. The van der Waals surface area contributed by atoms with Crippen LogP contribution in [0, 0.1) is 0 Å². The predicted molar refractivity (Wildman–Crippen MR) is 69.2 cm³/mol. The van der Waals surface area contributed by atoms with Gasteiger partial charge in [-0.05, 0) is 13.5 Å². The molecule has 0 spiro atoms. The van der Waals surface area contributed by atoms with Crippen LogP contribution < -0.4 is 15.5 Å². The van der Waals surface area contributed by atoms with Crippen LogP contribution in [0.2, 0.25) is 0 Å². The zero-order valence-electron chi connectivity index (χ0n) is 10.8. The molecule has 2 rings (SSSR count). The number of hydrogen-bond donors (Lipinski definition) is 2. The number of carbonyl (C=O) groups excluding carboxylic acids is 1. The quantitative estimate of drug-likeness (QED) is 0.780. The maximum atomic E-state index is 11.0. The zero-order chi connectivity index (χ0) is 13.0. The number of aromatic nitrogens is 2. The molecule has 1 amide bonds. The molecule has 0 aliphatic carbocycles. The molecular weight excluding hydrogens is 230 g/mol. The molecule has 0 aromatic carbocycles. The van der Waals surface area contributed by atoms with E-state index in [1.54, 1.807) is 6.92 Å². The lowest BCUT2D eigenvalue weighted by molar-refractivity contribution is -0.119. The molecule has 1 aliphatic rings. The van der Waals surface area contributed by atoms with E-state index in [1.165, 1.54) is 0 Å². The van der Waals surface area contributed by atoms with Gasteiger partial charge >= 0.3 is 0 Å². The first kappa shape index (κ1) is 12.8. The molecule has 2 N–H and O–H groups in total. The Balaban J connectivity index is 1.94. The monoisotopic (exact) mass is 249 g/mol. The van der Waals surface area contributed by atoms with E-state index in [4.69, 9.17) is 0 Å². The van der Waals surface area contributed by atoms with Gasteiger partial charge in [-0.2, -0.15) is 0 Å². The molecule has 0 saturated carbocycles. The average Bonchev–Trinajstić information content (AvgIpc) is 2.78. The van der Waals surface area contributed by atoms with Crippen LogP contribution in [0.25, 0.3) is 0 Å². The third-order valence-electron chi connectivity index (χ3n) is 2.95. The van der Waals surface area contributed by atoms with Crippen LogP contribution in [-0.2, 0) is 11.3 Å². The van der Waals surface area contributed by atoms with Crippen molar-refractivity contribution in [2.75, 3.05) is 25.0 Å². The fourth-order valence-electron chi connectivity index (χ4n) is 2.15. The van der Waals surface area contributed by atoms with Crippen LogP contribution in [0.3, 0.4) is 0 Å². The lowest BCUT2D eigenvalue weighted by atomic mass is 10.3. The molecule has 1 aromatic heterocycles. The number of amides is 1. The highest BCUT2D eigenvalue weighted by Gasteiger charge is 2.24. The molecule has 1 aliphatic heterocycles. The minimum atomic E-state index is 0.0205. The Labute approximate surface area is 107 Å². The number of nitrogens with one attached hydrogen (secondary N) is 2. The summed E-state index contributed by atoms with van der Waals surface area (Å²) in [6.45, 7) is 3.99. The van der Waals surface area contributed by atoms with Crippen molar-refractivity contribution in [2.45, 2.75) is 25.9 Å². The van der Waals surface area contributed by atoms with Gasteiger partial charge in [0.2, 0.25) is 11.9 Å². The second-order valence-electron chi connectivity index (χ2n) is 4.55. The molecule has 6 nitrogen and oxygen atoms in total. The molecular formula is C12H19N5O. The van der Waals surface area contributed by atoms with Crippen molar-refractivity contribution in [3.63, 3.8) is 0 Å². The Bertz CT molecular complexity index is 405. The first-order valence-electron chi connectivity index (χ1n) is 6.16. The average molecular weight is 249 g/mol. The minimum Gasteiger partial charge on any atom is -0.352 e. The number of hydrogen-bond acceptors (Lipinski definition) is 5. The molecule has 1 aromatic rings. The maximum Gasteiger partial charge on any atom is 0.225 e. The molecule has 1 unspecified atom stereocenters. The second-order valence-corrected chi connectivity index (χ2v) is 4.55. The van der Waals surface area contributed by atoms with E-state index < -0.39 is 0 Å². The maximum absolute atomic E-state index is 11.0. The minimum absolute atomic E-state index is 0.0205. The van der Waals surface area contributed by atoms with Crippen molar-refractivity contribution in [1.82, 2.24) is 20.6 Å². The number of carbonyl (C=O) groups is 1. The highest BCUT2D eigenvalue weighted by molar-refractivity contribution is 5.73. The lowest BCUT2D eigenvalue weighted by Gasteiger charge is -2.16. The number of nitrogens with zero attached hydrogens (tertiary/aromatic N) is 3. The molecule has 0 radical (unpaired) electrons. The van der Waals surface area contributed by atoms with E-state index in [0.29, 0.717) is 0 Å². The summed E-state index contributed by atoms with van der Waals surface area (Å²) in [5, 5.41) is 5.99. The summed E-state index contributed by atoms with van der Waals surface area (Å²) < 4.78 is 0. The summed E-state index contributed by atoms with van der Waals surface area (Å²) in [5.74, 6) is 0.759. The highest BCUT2D eigenvalue weighted by atomic mass is 16.1. The topological polar surface area (TPSA) is 70.2 Å². The third-order valence-corrected chi connectivity index (χ3v) is 2.95. The van der Waals surface area contributed by atoms with Gasteiger partial charge in [-0.1, -0.05) is 0 Å². The van der Waals surface area contributed by atoms with E-state index >= 15 is 0 Å². The van der Waals surface area contributed by atoms with Crippen LogP contribution >= 0.6 is 0 Å². The van der Waals surface area contributed by atoms with Gasteiger partial charge in [0, 0.05) is 50.6 Å². The SMILES string of the molecule is CNCc1cnc(N2CCC(NC(C)=O)C2)nc1. The van der Waals surface area contributed by atoms with E-state index in [1.807, 2.05) is 19.4 Å². The second kappa shape index (κ2) is 5.77. The Morgan fingerprint density at radius 3 is 2.83 bits per heavy atom. The third kappa shape index (κ3) is 3.16. The Kier molecular flexibility index (Phi) is 4.09. The van der Waals surface area contributed by atoms with Crippen molar-refractivity contribution < 1.29 is 4.79 Å². The predicted octanol–water partition coefficient (Wildman–Crippen LogP) is -0.0892. The van der Waals surface area contributed by atoms with Crippen LogP contribution in [0.1, 0.15) is 18.9 Å². The van der Waals surface area contributed by atoms with Gasteiger partial charge in [-0.25, -0.2) is 9.97 Å². The van der Waals surface area contributed by atoms with Gasteiger partial charge in [-0.3, -0.25) is 4.79 Å². The highest BCUT2D eigenvalue weighted by Crippen LogP contribution is 2.15. The van der Waals surface area contributed by atoms with Gasteiger partial charge < -0.3 is 15.5 Å². The summed E-state index contributed by atoms with van der Waals surface area (Å²) in [6, 6.07) is 0.211. The molecule has 0 bridgehead atoms. The van der Waals surface area contributed by atoms with Crippen molar-refractivity contribution in [2.24, 2.45) is 0 Å². The number of rotatable bonds is 4. The summed E-state index contributed by atoms with van der Waals surface area (Å²) in [5.41, 5.74) is 1.07. The van der Waals surface area contributed by atoms with E-state index in [-0.39, 0.29) is 11.9 Å². The molecule has 1 saturated heterocycles. The standard InChI is InChI=1S/C12H19N5O/c1-9(18)16-11-3-4-17(8-11)12-14-6-10(5-13-2)7-15-12/h6-7,11,13H,3-5,8H2,1-2H3,(H,16,18). The van der Waals surface area contributed by atoms with Gasteiger partial charge in [-0.15, -0.1) is 0 Å². The molecule has 2 heterocycles. The fraction of sp³-hybridized carbons (Fsp3) is 0.583. The number of anilines is 1. The van der Waals surface area contributed by atoms with Crippen molar-refractivity contribution in [1.29, 1.82) is 0 Å². The zero-order valence-corrected chi connectivity index (χ0v) is 10.8. The first-order valence-corrected chi connectivity index (χ1v) is 6.16. The fourth-order valence-corrected chi connectivity index (χ4v) is 2.15. The van der Waals surface area contributed by atoms with Crippen molar-refractivity contribution in [3.05, 3.63) is 18.0 Å². The van der Waals surface area contributed by atoms with Crippen molar-refractivity contribution >= 4 is 11.9 Å². The Hall–Kier alpha value is -1.69. The van der Waals surface area contributed by atoms with E-state index in [0.717, 1.165) is 37.6 Å². The van der Waals surface area contributed by atoms with Crippen LogP contribution in [0.4, 0.5) is 5.95 Å². The normalized spacial score (nSPS) is 19.0. The van der Waals surface area contributed by atoms with Crippen LogP contribution in [0.15, 0.2) is 12.4 Å². The van der Waals surface area contributed by atoms with Crippen LogP contribution in [-0.4, -0.2) is 42.1 Å². The molecule has 18 heavy (non-hydrogen) atoms. The van der Waals surface area contributed by atoms with Crippen LogP contribution in [0.5, 0.6) is 0 Å². The molecule has 1 fully saturated rings. The van der Waals surface area contributed by atoms with Gasteiger partial charge in [0.25, 0.3) is 0 Å². The Morgan fingerprint density at radius 1 is 1.50 bits per heavy atom. The van der Waals surface area contributed by atoms with Gasteiger partial charge in [0.15, 0.2) is 0 Å². The lowest BCUT2D eigenvalue weighted by Crippen LogP contribution is -2.35. The van der Waals surface area contributed by atoms with E-state index in [9.17, 15) is 4.79 Å². The summed E-state index contributed by atoms with van der Waals surface area (Å²) >= 11 is 0. The smallest absolute Gasteiger partial charge is 0.225 e. The summed E-state index contributed by atoms with van der Waals surface area (Å²) in [6.07, 6.45) is 4.62. The first-order chi connectivity index (χ1) is 8.69. The molecule has 6 heteroatoms. The largest absolute Gasteiger partial charge is 0.352 e. The Morgan fingerprint density at radius 2 is 2.22 bits per heavy atom.